The van der Waals surface area contributed by atoms with Crippen molar-refractivity contribution < 1.29 is 4.79 Å². The minimum Gasteiger partial charge on any atom is -0.296 e. The van der Waals surface area contributed by atoms with Crippen LogP contribution in [0.25, 0.3) is 0 Å². The maximum absolute atomic E-state index is 13.1. The molecule has 0 spiro atoms. The van der Waals surface area contributed by atoms with Crippen LogP contribution < -0.4 is 4.90 Å². The predicted octanol–water partition coefficient (Wildman–Crippen LogP) is 4.11. The van der Waals surface area contributed by atoms with E-state index in [4.69, 9.17) is 0 Å². The molecule has 0 bridgehead atoms. The molecule has 0 saturated heterocycles. The zero-order valence-electron chi connectivity index (χ0n) is 14.3. The lowest BCUT2D eigenvalue weighted by atomic mass is 9.79. The van der Waals surface area contributed by atoms with Crippen molar-refractivity contribution in [1.82, 2.24) is 4.98 Å². The summed E-state index contributed by atoms with van der Waals surface area (Å²) in [6.45, 7) is 2.12. The Balaban J connectivity index is 1.74. The lowest BCUT2D eigenvalue weighted by Gasteiger charge is -2.32. The number of fused-ring (bicyclic) bond motifs is 5. The number of hydrogen-bond acceptors (Lipinski definition) is 2. The van der Waals surface area contributed by atoms with E-state index in [2.05, 4.69) is 35.9 Å². The molecule has 0 saturated carbocycles. The van der Waals surface area contributed by atoms with Crippen LogP contribution in [0, 0.1) is 11.8 Å². The molecule has 2 atom stereocenters. The molecule has 26 heavy (non-hydrogen) atoms. The zero-order valence-corrected chi connectivity index (χ0v) is 14.3. The van der Waals surface area contributed by atoms with E-state index in [1.807, 2.05) is 53.4 Å². The fraction of sp³-hybridized carbons (Fsp3) is 0.130. The number of pyridine rings is 1. The number of hydrogen-bond donors (Lipinski definition) is 0. The number of carbonyl (C=O) groups is 1. The molecule has 1 aromatic heterocycles. The molecule has 5 rings (SSSR count). The van der Waals surface area contributed by atoms with Crippen LogP contribution in [0.1, 0.15) is 39.9 Å². The summed E-state index contributed by atoms with van der Waals surface area (Å²) >= 11 is 0. The highest BCUT2D eigenvalue weighted by Crippen LogP contribution is 2.57. The average molecular weight is 336 g/mol. The normalized spacial score (nSPS) is 22.3. The molecule has 0 unspecified atom stereocenters. The van der Waals surface area contributed by atoms with Gasteiger partial charge in [0.2, 0.25) is 0 Å². The SMILES string of the molecule is C[C@@]12c3ccccc3C(=O)N1c1ccccc1[C@@H]2C#Cc1cccnc1. The van der Waals surface area contributed by atoms with Gasteiger partial charge in [-0.3, -0.25) is 14.7 Å². The van der Waals surface area contributed by atoms with Crippen molar-refractivity contribution in [2.45, 2.75) is 18.4 Å². The summed E-state index contributed by atoms with van der Waals surface area (Å²) < 4.78 is 0. The molecule has 3 nitrogen and oxygen atoms in total. The van der Waals surface area contributed by atoms with Crippen LogP contribution in [0.3, 0.4) is 0 Å². The van der Waals surface area contributed by atoms with Crippen LogP contribution in [0.2, 0.25) is 0 Å². The third kappa shape index (κ3) is 1.84. The van der Waals surface area contributed by atoms with Crippen LogP contribution in [0.15, 0.2) is 73.1 Å². The van der Waals surface area contributed by atoms with Crippen molar-refractivity contribution in [2.24, 2.45) is 0 Å². The maximum atomic E-state index is 13.1. The number of nitrogens with zero attached hydrogens (tertiary/aromatic N) is 2. The van der Waals surface area contributed by atoms with Crippen LogP contribution in [0.5, 0.6) is 0 Å². The van der Waals surface area contributed by atoms with Gasteiger partial charge in [0.25, 0.3) is 5.91 Å². The van der Waals surface area contributed by atoms with Crippen LogP contribution >= 0.6 is 0 Å². The fourth-order valence-corrected chi connectivity index (χ4v) is 4.26. The molecule has 3 heteroatoms. The van der Waals surface area contributed by atoms with Gasteiger partial charge in [-0.2, -0.15) is 0 Å². The third-order valence-electron chi connectivity index (χ3n) is 5.44. The van der Waals surface area contributed by atoms with E-state index in [0.717, 1.165) is 27.9 Å². The van der Waals surface area contributed by atoms with Gasteiger partial charge in [0, 0.05) is 29.2 Å². The van der Waals surface area contributed by atoms with Gasteiger partial charge >= 0.3 is 0 Å². The van der Waals surface area contributed by atoms with Crippen molar-refractivity contribution in [3.63, 3.8) is 0 Å². The molecular formula is C23H16N2O. The van der Waals surface area contributed by atoms with Gasteiger partial charge in [-0.25, -0.2) is 0 Å². The summed E-state index contributed by atoms with van der Waals surface area (Å²) in [5.41, 5.74) is 4.27. The number of benzene rings is 2. The molecule has 0 radical (unpaired) electrons. The molecule has 0 fully saturated rings. The van der Waals surface area contributed by atoms with Gasteiger partial charge in [0.1, 0.15) is 0 Å². The van der Waals surface area contributed by atoms with Crippen molar-refractivity contribution in [1.29, 1.82) is 0 Å². The van der Waals surface area contributed by atoms with E-state index in [1.54, 1.807) is 12.4 Å². The standard InChI is InChI=1S/C23H16N2O/c1-23-19-10-4-2-9-18(19)22(26)25(23)21-11-5-3-8-17(21)20(23)13-12-16-7-6-14-24-15-16/h2-11,14-15,20H,1H3/t20-,23-/m0/s1. The van der Waals surface area contributed by atoms with Gasteiger partial charge in [-0.15, -0.1) is 0 Å². The highest BCUT2D eigenvalue weighted by Gasteiger charge is 2.57. The molecule has 124 valence electrons. The van der Waals surface area contributed by atoms with Gasteiger partial charge in [-0.05, 0) is 42.3 Å². The number of para-hydroxylation sites is 1. The molecule has 1 amide bonds. The summed E-state index contributed by atoms with van der Waals surface area (Å²) in [4.78, 5) is 19.2. The summed E-state index contributed by atoms with van der Waals surface area (Å²) in [7, 11) is 0. The minimum atomic E-state index is -0.493. The number of aromatic nitrogens is 1. The molecule has 3 aromatic rings. The van der Waals surface area contributed by atoms with Crippen LogP contribution in [0.4, 0.5) is 5.69 Å². The zero-order chi connectivity index (χ0) is 17.7. The second kappa shape index (κ2) is 5.31. The van der Waals surface area contributed by atoms with Crippen molar-refractivity contribution in [3.05, 3.63) is 95.3 Å². The summed E-state index contributed by atoms with van der Waals surface area (Å²) in [6.07, 6.45) is 3.51. The topological polar surface area (TPSA) is 33.2 Å². The average Bonchev–Trinajstić information content (AvgIpc) is 3.08. The highest BCUT2D eigenvalue weighted by atomic mass is 16.2. The van der Waals surface area contributed by atoms with E-state index in [1.165, 1.54) is 0 Å². The molecule has 2 aliphatic heterocycles. The molecule has 3 heterocycles. The molecule has 0 aliphatic carbocycles. The Hall–Kier alpha value is -3.38. The first-order chi connectivity index (χ1) is 12.7. The first-order valence-electron chi connectivity index (χ1n) is 8.66. The van der Waals surface area contributed by atoms with Crippen molar-refractivity contribution in [3.8, 4) is 11.8 Å². The fourth-order valence-electron chi connectivity index (χ4n) is 4.26. The Labute approximate surface area is 152 Å². The number of rotatable bonds is 0. The summed E-state index contributed by atoms with van der Waals surface area (Å²) in [5.74, 6) is 6.67. The Morgan fingerprint density at radius 1 is 1.04 bits per heavy atom. The highest BCUT2D eigenvalue weighted by molar-refractivity contribution is 6.14. The quantitative estimate of drug-likeness (QED) is 0.579. The maximum Gasteiger partial charge on any atom is 0.259 e. The smallest absolute Gasteiger partial charge is 0.259 e. The lowest BCUT2D eigenvalue weighted by molar-refractivity contribution is 0.0982. The second-order valence-corrected chi connectivity index (χ2v) is 6.84. The summed E-state index contributed by atoms with van der Waals surface area (Å²) in [6, 6.07) is 19.8. The van der Waals surface area contributed by atoms with Crippen LogP contribution in [-0.4, -0.2) is 10.9 Å². The van der Waals surface area contributed by atoms with Gasteiger partial charge < -0.3 is 0 Å². The number of carbonyl (C=O) groups excluding carboxylic acids is 1. The Bertz CT molecular complexity index is 1090. The summed E-state index contributed by atoms with van der Waals surface area (Å²) in [5, 5.41) is 0. The number of amides is 1. The van der Waals surface area contributed by atoms with Crippen molar-refractivity contribution >= 4 is 11.6 Å². The van der Waals surface area contributed by atoms with E-state index in [-0.39, 0.29) is 11.8 Å². The van der Waals surface area contributed by atoms with E-state index in [0.29, 0.717) is 0 Å². The third-order valence-corrected chi connectivity index (χ3v) is 5.44. The van der Waals surface area contributed by atoms with Gasteiger partial charge in [0.05, 0.1) is 11.5 Å². The van der Waals surface area contributed by atoms with Crippen molar-refractivity contribution in [2.75, 3.05) is 4.90 Å². The Morgan fingerprint density at radius 3 is 2.69 bits per heavy atom. The largest absolute Gasteiger partial charge is 0.296 e. The molecule has 2 aromatic carbocycles. The first kappa shape index (κ1) is 14.9. The number of anilines is 1. The molecular weight excluding hydrogens is 320 g/mol. The lowest BCUT2D eigenvalue weighted by Crippen LogP contribution is -2.40. The Morgan fingerprint density at radius 2 is 1.85 bits per heavy atom. The second-order valence-electron chi connectivity index (χ2n) is 6.84. The predicted molar refractivity (Wildman–Crippen MR) is 101 cm³/mol. The first-order valence-corrected chi connectivity index (χ1v) is 8.66. The van der Waals surface area contributed by atoms with E-state index >= 15 is 0 Å². The molecule has 0 N–H and O–H groups in total. The minimum absolute atomic E-state index is 0.0567. The Kier molecular flexibility index (Phi) is 3.05. The van der Waals surface area contributed by atoms with E-state index in [9.17, 15) is 4.79 Å². The van der Waals surface area contributed by atoms with E-state index < -0.39 is 5.54 Å². The van der Waals surface area contributed by atoms with Gasteiger partial charge in [0.15, 0.2) is 0 Å². The van der Waals surface area contributed by atoms with Gasteiger partial charge in [-0.1, -0.05) is 48.2 Å². The monoisotopic (exact) mass is 336 g/mol. The molecule has 2 aliphatic rings. The van der Waals surface area contributed by atoms with Crippen LogP contribution in [-0.2, 0) is 5.54 Å².